The van der Waals surface area contributed by atoms with Crippen LogP contribution in [0.15, 0.2) is 24.4 Å². The Kier molecular flexibility index (Phi) is 3.86. The van der Waals surface area contributed by atoms with Crippen molar-refractivity contribution < 1.29 is 9.47 Å². The number of rotatable bonds is 6. The quantitative estimate of drug-likeness (QED) is 0.818. The molecule has 1 aliphatic heterocycles. The van der Waals surface area contributed by atoms with Gasteiger partial charge in [-0.3, -0.25) is 0 Å². The zero-order valence-corrected chi connectivity index (χ0v) is 12.5. The Morgan fingerprint density at radius 1 is 1.27 bits per heavy atom. The highest BCUT2D eigenvalue weighted by Gasteiger charge is 2.29. The highest BCUT2D eigenvalue weighted by molar-refractivity contribution is 5.22. The molecule has 2 aromatic rings. The summed E-state index contributed by atoms with van der Waals surface area (Å²) in [6.45, 7) is 1.91. The number of ether oxygens (including phenoxy) is 2. The number of hydrogen-bond donors (Lipinski definition) is 0. The molecule has 0 amide bonds. The minimum absolute atomic E-state index is 0.231. The van der Waals surface area contributed by atoms with Crippen LogP contribution in [0.5, 0.6) is 0 Å². The van der Waals surface area contributed by atoms with E-state index in [1.807, 2.05) is 22.9 Å². The molecule has 116 valence electrons. The van der Waals surface area contributed by atoms with Gasteiger partial charge in [0.2, 0.25) is 0 Å². The summed E-state index contributed by atoms with van der Waals surface area (Å²) in [6, 6.07) is 5.79. The van der Waals surface area contributed by atoms with Gasteiger partial charge in [0, 0.05) is 18.7 Å². The van der Waals surface area contributed by atoms with Gasteiger partial charge in [-0.15, -0.1) is 5.10 Å². The van der Waals surface area contributed by atoms with Crippen LogP contribution in [-0.4, -0.2) is 39.1 Å². The van der Waals surface area contributed by atoms with Gasteiger partial charge in [-0.1, -0.05) is 6.07 Å². The van der Waals surface area contributed by atoms with Crippen LogP contribution >= 0.6 is 0 Å². The van der Waals surface area contributed by atoms with Crippen molar-refractivity contribution in [2.24, 2.45) is 0 Å². The van der Waals surface area contributed by atoms with E-state index in [-0.39, 0.29) is 6.10 Å². The summed E-state index contributed by atoms with van der Waals surface area (Å²) in [4.78, 5) is 9.03. The fourth-order valence-corrected chi connectivity index (χ4v) is 2.69. The summed E-state index contributed by atoms with van der Waals surface area (Å²) in [6.07, 6.45) is 6.58. The Morgan fingerprint density at radius 3 is 2.95 bits per heavy atom. The van der Waals surface area contributed by atoms with Gasteiger partial charge in [0.1, 0.15) is 6.61 Å². The summed E-state index contributed by atoms with van der Waals surface area (Å²) < 4.78 is 13.2. The van der Waals surface area contributed by atoms with Crippen LogP contribution in [0.25, 0.3) is 5.82 Å². The van der Waals surface area contributed by atoms with Crippen molar-refractivity contribution in [2.45, 2.75) is 44.3 Å². The van der Waals surface area contributed by atoms with Gasteiger partial charge >= 0.3 is 0 Å². The molecule has 6 nitrogen and oxygen atoms in total. The second kappa shape index (κ2) is 6.14. The van der Waals surface area contributed by atoms with Gasteiger partial charge in [-0.2, -0.15) is 4.68 Å². The molecule has 0 radical (unpaired) electrons. The van der Waals surface area contributed by atoms with Crippen LogP contribution in [0.4, 0.5) is 0 Å². The Hall–Kier alpha value is -1.79. The van der Waals surface area contributed by atoms with Gasteiger partial charge < -0.3 is 9.47 Å². The molecule has 1 saturated carbocycles. The molecular weight excluding hydrogens is 280 g/mol. The molecule has 3 heterocycles. The molecule has 2 aromatic heterocycles. The summed E-state index contributed by atoms with van der Waals surface area (Å²) >= 11 is 0. The topological polar surface area (TPSA) is 62.1 Å². The zero-order chi connectivity index (χ0) is 14.8. The maximum Gasteiger partial charge on any atom is 0.160 e. The smallest absolute Gasteiger partial charge is 0.160 e. The van der Waals surface area contributed by atoms with Crippen LogP contribution in [0.3, 0.4) is 0 Å². The van der Waals surface area contributed by atoms with Crippen molar-refractivity contribution in [3.63, 3.8) is 0 Å². The van der Waals surface area contributed by atoms with E-state index in [9.17, 15) is 0 Å². The molecule has 1 aliphatic carbocycles. The maximum absolute atomic E-state index is 5.80. The highest BCUT2D eigenvalue weighted by Crippen LogP contribution is 2.38. The van der Waals surface area contributed by atoms with Gasteiger partial charge in [0.15, 0.2) is 17.5 Å². The van der Waals surface area contributed by atoms with Gasteiger partial charge in [0.05, 0.1) is 12.7 Å². The molecule has 6 heteroatoms. The van der Waals surface area contributed by atoms with E-state index in [4.69, 9.17) is 9.47 Å². The molecule has 2 aliphatic rings. The van der Waals surface area contributed by atoms with E-state index < -0.39 is 0 Å². The van der Waals surface area contributed by atoms with E-state index in [0.29, 0.717) is 19.1 Å². The molecule has 22 heavy (non-hydrogen) atoms. The molecule has 0 aromatic carbocycles. The fourth-order valence-electron chi connectivity index (χ4n) is 2.69. The first-order chi connectivity index (χ1) is 10.9. The third kappa shape index (κ3) is 3.03. The standard InChI is InChI=1S/C16H20N4O2/c1-2-8-17-14(5-1)20-15(18-16(19-20)12-6-7-12)11-21-10-13-4-3-9-22-13/h1-2,5,8,12-13H,3-4,6-7,9-11H2/t13-/m1/s1. The average Bonchev–Trinajstić information content (AvgIpc) is 3.11. The molecule has 0 bridgehead atoms. The van der Waals surface area contributed by atoms with Gasteiger partial charge in [-0.25, -0.2) is 9.97 Å². The van der Waals surface area contributed by atoms with Crippen LogP contribution < -0.4 is 0 Å². The van der Waals surface area contributed by atoms with E-state index in [1.165, 1.54) is 12.8 Å². The summed E-state index contributed by atoms with van der Waals surface area (Å²) in [7, 11) is 0. The lowest BCUT2D eigenvalue weighted by atomic mass is 10.2. The van der Waals surface area contributed by atoms with Crippen molar-refractivity contribution >= 4 is 0 Å². The second-order valence-electron chi connectivity index (χ2n) is 5.91. The SMILES string of the molecule is c1ccc(-n2nc(C3CC3)nc2COC[C@H]2CCCO2)nc1. The van der Waals surface area contributed by atoms with Crippen LogP contribution in [-0.2, 0) is 16.1 Å². The van der Waals surface area contributed by atoms with Crippen molar-refractivity contribution in [1.82, 2.24) is 19.7 Å². The molecule has 1 atom stereocenters. The highest BCUT2D eigenvalue weighted by atomic mass is 16.5. The van der Waals surface area contributed by atoms with E-state index in [0.717, 1.165) is 36.9 Å². The average molecular weight is 300 g/mol. The van der Waals surface area contributed by atoms with E-state index in [2.05, 4.69) is 15.1 Å². The fraction of sp³-hybridized carbons (Fsp3) is 0.562. The number of hydrogen-bond acceptors (Lipinski definition) is 5. The second-order valence-corrected chi connectivity index (χ2v) is 5.91. The third-order valence-corrected chi connectivity index (χ3v) is 4.06. The Morgan fingerprint density at radius 2 is 2.23 bits per heavy atom. The van der Waals surface area contributed by atoms with Crippen molar-refractivity contribution in [3.05, 3.63) is 36.0 Å². The van der Waals surface area contributed by atoms with E-state index >= 15 is 0 Å². The minimum atomic E-state index is 0.231. The Bertz CT molecular complexity index is 618. The Labute approximate surface area is 129 Å². The third-order valence-electron chi connectivity index (χ3n) is 4.06. The molecule has 2 fully saturated rings. The van der Waals surface area contributed by atoms with Crippen molar-refractivity contribution in [3.8, 4) is 5.82 Å². The molecule has 0 unspecified atom stereocenters. The first-order valence-corrected chi connectivity index (χ1v) is 7.97. The maximum atomic E-state index is 5.80. The summed E-state index contributed by atoms with van der Waals surface area (Å²) in [5.41, 5.74) is 0. The first-order valence-electron chi connectivity index (χ1n) is 7.97. The van der Waals surface area contributed by atoms with Crippen LogP contribution in [0, 0.1) is 0 Å². The van der Waals surface area contributed by atoms with Gasteiger partial charge in [-0.05, 0) is 37.8 Å². The summed E-state index contributed by atoms with van der Waals surface area (Å²) in [5, 5.41) is 4.62. The predicted octanol–water partition coefficient (Wildman–Crippen LogP) is 2.24. The number of aromatic nitrogens is 4. The lowest BCUT2D eigenvalue weighted by molar-refractivity contribution is 0.00814. The minimum Gasteiger partial charge on any atom is -0.376 e. The number of pyridine rings is 1. The Balaban J connectivity index is 1.49. The first kappa shape index (κ1) is 13.8. The lowest BCUT2D eigenvalue weighted by Gasteiger charge is -2.10. The number of nitrogens with zero attached hydrogens (tertiary/aromatic N) is 4. The largest absolute Gasteiger partial charge is 0.376 e. The summed E-state index contributed by atoms with van der Waals surface area (Å²) in [5.74, 6) is 3.04. The van der Waals surface area contributed by atoms with Crippen LogP contribution in [0.1, 0.15) is 43.3 Å². The normalized spacial score (nSPS) is 21.4. The molecule has 0 spiro atoms. The molecule has 4 rings (SSSR count). The van der Waals surface area contributed by atoms with Crippen molar-refractivity contribution in [2.75, 3.05) is 13.2 Å². The van der Waals surface area contributed by atoms with Crippen molar-refractivity contribution in [1.29, 1.82) is 0 Å². The van der Waals surface area contributed by atoms with Crippen LogP contribution in [0.2, 0.25) is 0 Å². The molecular formula is C16H20N4O2. The van der Waals surface area contributed by atoms with E-state index in [1.54, 1.807) is 6.20 Å². The monoisotopic (exact) mass is 300 g/mol. The molecule has 1 saturated heterocycles. The molecule has 0 N–H and O–H groups in total. The zero-order valence-electron chi connectivity index (χ0n) is 12.5. The predicted molar refractivity (Wildman–Crippen MR) is 79.8 cm³/mol. The lowest BCUT2D eigenvalue weighted by Crippen LogP contribution is -2.15. The van der Waals surface area contributed by atoms with Gasteiger partial charge in [0.25, 0.3) is 0 Å².